The van der Waals surface area contributed by atoms with Crippen molar-refractivity contribution >= 4 is 15.9 Å². The van der Waals surface area contributed by atoms with Crippen LogP contribution >= 0.6 is 15.9 Å². The van der Waals surface area contributed by atoms with E-state index in [1.54, 1.807) is 30.1 Å². The van der Waals surface area contributed by atoms with Crippen molar-refractivity contribution in [2.45, 2.75) is 12.5 Å². The summed E-state index contributed by atoms with van der Waals surface area (Å²) in [4.78, 5) is 0. The molecule has 0 amide bonds. The number of benzene rings is 1. The summed E-state index contributed by atoms with van der Waals surface area (Å²) in [5.74, 6) is -0.301. The molecule has 0 aliphatic heterocycles. The van der Waals surface area contributed by atoms with Crippen LogP contribution in [0.5, 0.6) is 0 Å². The fourth-order valence-corrected chi connectivity index (χ4v) is 2.00. The lowest BCUT2D eigenvalue weighted by molar-refractivity contribution is 0.577. The molecule has 1 atom stereocenters. The maximum absolute atomic E-state index is 13.6. The first-order chi connectivity index (χ1) is 8.06. The zero-order valence-corrected chi connectivity index (χ0v) is 10.9. The average molecular weight is 299 g/mol. The standard InChI is InChI=1S/C11H12BrFN4/c1-17-6-8(15-16-17)5-11(14)9-4-7(12)2-3-10(9)13/h2-4,6,11H,5,14H2,1H3. The fraction of sp³-hybridized carbons (Fsp3) is 0.273. The molecule has 0 spiro atoms. The van der Waals surface area contributed by atoms with Crippen molar-refractivity contribution in [1.29, 1.82) is 0 Å². The van der Waals surface area contributed by atoms with Crippen molar-refractivity contribution < 1.29 is 4.39 Å². The highest BCUT2D eigenvalue weighted by molar-refractivity contribution is 9.10. The summed E-state index contributed by atoms with van der Waals surface area (Å²) in [6, 6.07) is 4.31. The molecule has 90 valence electrons. The molecule has 0 radical (unpaired) electrons. The van der Waals surface area contributed by atoms with Crippen LogP contribution in [-0.2, 0) is 13.5 Å². The Labute approximate surface area is 107 Å². The molecule has 6 heteroatoms. The van der Waals surface area contributed by atoms with Crippen LogP contribution in [0.15, 0.2) is 28.9 Å². The Kier molecular flexibility index (Phi) is 3.54. The number of halogens is 2. The monoisotopic (exact) mass is 298 g/mol. The van der Waals surface area contributed by atoms with Gasteiger partial charge in [0.1, 0.15) is 5.82 Å². The van der Waals surface area contributed by atoms with Crippen LogP contribution < -0.4 is 5.73 Å². The van der Waals surface area contributed by atoms with Gasteiger partial charge in [-0.05, 0) is 18.2 Å². The first-order valence-electron chi connectivity index (χ1n) is 5.12. The second-order valence-corrected chi connectivity index (χ2v) is 4.78. The molecule has 0 bridgehead atoms. The van der Waals surface area contributed by atoms with Gasteiger partial charge in [-0.3, -0.25) is 4.68 Å². The van der Waals surface area contributed by atoms with Crippen molar-refractivity contribution in [3.05, 3.63) is 45.9 Å². The SMILES string of the molecule is Cn1cc(CC(N)c2cc(Br)ccc2F)nn1. The number of nitrogens with two attached hydrogens (primary N) is 1. The second-order valence-electron chi connectivity index (χ2n) is 3.86. The van der Waals surface area contributed by atoms with Gasteiger partial charge in [-0.1, -0.05) is 21.1 Å². The van der Waals surface area contributed by atoms with Crippen molar-refractivity contribution in [3.8, 4) is 0 Å². The van der Waals surface area contributed by atoms with Crippen molar-refractivity contribution in [2.24, 2.45) is 12.8 Å². The second kappa shape index (κ2) is 4.93. The molecule has 1 unspecified atom stereocenters. The summed E-state index contributed by atoms with van der Waals surface area (Å²) in [6.45, 7) is 0. The molecule has 4 nitrogen and oxygen atoms in total. The number of aromatic nitrogens is 3. The molecule has 1 heterocycles. The molecule has 1 aromatic heterocycles. The van der Waals surface area contributed by atoms with E-state index in [-0.39, 0.29) is 5.82 Å². The van der Waals surface area contributed by atoms with Crippen LogP contribution in [0, 0.1) is 5.82 Å². The number of hydrogen-bond donors (Lipinski definition) is 1. The third-order valence-corrected chi connectivity index (χ3v) is 2.93. The maximum Gasteiger partial charge on any atom is 0.128 e. The van der Waals surface area contributed by atoms with E-state index < -0.39 is 6.04 Å². The van der Waals surface area contributed by atoms with E-state index in [0.717, 1.165) is 10.2 Å². The molecule has 2 N–H and O–H groups in total. The van der Waals surface area contributed by atoms with Gasteiger partial charge in [0.15, 0.2) is 0 Å². The van der Waals surface area contributed by atoms with Crippen LogP contribution in [0.25, 0.3) is 0 Å². The minimum atomic E-state index is -0.427. The van der Waals surface area contributed by atoms with Crippen LogP contribution in [0.4, 0.5) is 4.39 Å². The van der Waals surface area contributed by atoms with Crippen molar-refractivity contribution in [2.75, 3.05) is 0 Å². The van der Waals surface area contributed by atoms with Gasteiger partial charge in [0.2, 0.25) is 0 Å². The zero-order valence-electron chi connectivity index (χ0n) is 9.27. The van der Waals surface area contributed by atoms with E-state index in [0.29, 0.717) is 12.0 Å². The Balaban J connectivity index is 2.19. The highest BCUT2D eigenvalue weighted by atomic mass is 79.9. The smallest absolute Gasteiger partial charge is 0.128 e. The lowest BCUT2D eigenvalue weighted by Crippen LogP contribution is -2.15. The summed E-state index contributed by atoms with van der Waals surface area (Å²) < 4.78 is 16.0. The summed E-state index contributed by atoms with van der Waals surface area (Å²) >= 11 is 3.30. The highest BCUT2D eigenvalue weighted by Gasteiger charge is 2.14. The van der Waals surface area contributed by atoms with E-state index in [1.165, 1.54) is 6.07 Å². The van der Waals surface area contributed by atoms with Crippen LogP contribution in [0.2, 0.25) is 0 Å². The number of hydrogen-bond acceptors (Lipinski definition) is 3. The summed E-state index contributed by atoms with van der Waals surface area (Å²) in [6.07, 6.45) is 2.23. The molecular weight excluding hydrogens is 287 g/mol. The van der Waals surface area contributed by atoms with E-state index in [9.17, 15) is 4.39 Å². The summed E-state index contributed by atoms with van der Waals surface area (Å²) in [7, 11) is 1.78. The van der Waals surface area contributed by atoms with Gasteiger partial charge in [-0.2, -0.15) is 0 Å². The molecule has 2 rings (SSSR count). The molecule has 0 fully saturated rings. The molecule has 0 saturated carbocycles. The highest BCUT2D eigenvalue weighted by Crippen LogP contribution is 2.22. The number of nitrogens with zero attached hydrogens (tertiary/aromatic N) is 3. The Morgan fingerprint density at radius 3 is 2.94 bits per heavy atom. The Morgan fingerprint density at radius 2 is 2.29 bits per heavy atom. The van der Waals surface area contributed by atoms with Gasteiger partial charge in [-0.25, -0.2) is 4.39 Å². The lowest BCUT2D eigenvalue weighted by Gasteiger charge is -2.11. The Bertz CT molecular complexity index is 526. The summed E-state index contributed by atoms with van der Waals surface area (Å²) in [5, 5.41) is 7.74. The normalized spacial score (nSPS) is 12.7. The van der Waals surface area contributed by atoms with Gasteiger partial charge in [0, 0.05) is 35.7 Å². The van der Waals surface area contributed by atoms with Crippen LogP contribution in [-0.4, -0.2) is 15.0 Å². The van der Waals surface area contributed by atoms with E-state index in [1.807, 2.05) is 0 Å². The quantitative estimate of drug-likeness (QED) is 0.942. The lowest BCUT2D eigenvalue weighted by atomic mass is 10.0. The third kappa shape index (κ3) is 2.89. The van der Waals surface area contributed by atoms with Gasteiger partial charge < -0.3 is 5.73 Å². The topological polar surface area (TPSA) is 56.7 Å². The van der Waals surface area contributed by atoms with Gasteiger partial charge in [0.05, 0.1) is 5.69 Å². The average Bonchev–Trinajstić information content (AvgIpc) is 2.67. The van der Waals surface area contributed by atoms with Gasteiger partial charge in [-0.15, -0.1) is 5.10 Å². The molecule has 0 aliphatic rings. The van der Waals surface area contributed by atoms with Crippen LogP contribution in [0.3, 0.4) is 0 Å². The number of rotatable bonds is 3. The molecule has 0 aliphatic carbocycles. The molecule has 2 aromatic rings. The van der Waals surface area contributed by atoms with Gasteiger partial charge in [0.25, 0.3) is 0 Å². The third-order valence-electron chi connectivity index (χ3n) is 2.44. The van der Waals surface area contributed by atoms with Gasteiger partial charge >= 0.3 is 0 Å². The predicted molar refractivity (Wildman–Crippen MR) is 65.7 cm³/mol. The fourth-order valence-electron chi connectivity index (χ4n) is 1.62. The van der Waals surface area contributed by atoms with E-state index in [4.69, 9.17) is 5.73 Å². The minimum absolute atomic E-state index is 0.301. The van der Waals surface area contributed by atoms with E-state index >= 15 is 0 Å². The maximum atomic E-state index is 13.6. The Morgan fingerprint density at radius 1 is 1.53 bits per heavy atom. The van der Waals surface area contributed by atoms with E-state index in [2.05, 4.69) is 26.2 Å². The first kappa shape index (κ1) is 12.2. The Hall–Kier alpha value is -1.27. The van der Waals surface area contributed by atoms with Crippen molar-refractivity contribution in [3.63, 3.8) is 0 Å². The molecular formula is C11H12BrFN4. The molecule has 17 heavy (non-hydrogen) atoms. The zero-order chi connectivity index (χ0) is 12.4. The van der Waals surface area contributed by atoms with Crippen LogP contribution in [0.1, 0.15) is 17.3 Å². The largest absolute Gasteiger partial charge is 0.324 e. The summed E-state index contributed by atoms with van der Waals surface area (Å²) in [5.41, 5.74) is 7.19. The minimum Gasteiger partial charge on any atom is -0.324 e. The first-order valence-corrected chi connectivity index (χ1v) is 5.91. The molecule has 1 aromatic carbocycles. The predicted octanol–water partition coefficient (Wildman–Crippen LogP) is 1.96. The number of aryl methyl sites for hydroxylation is 1. The van der Waals surface area contributed by atoms with Crippen molar-refractivity contribution in [1.82, 2.24) is 15.0 Å². The molecule has 0 saturated heterocycles.